The SMILES string of the molecule is CCCCOc1nc(N)c2c(n1)N(Cc1ccc(-c3ccc(CN4CCCC4)nc3)cc1)C(=O)C2. The second kappa shape index (κ2) is 10.4. The molecular formula is C27H32N6O2. The van der Waals surface area contributed by atoms with E-state index in [4.69, 9.17) is 10.5 Å². The lowest BCUT2D eigenvalue weighted by atomic mass is 10.0. The standard InChI is InChI=1S/C27H32N6O2/c1-2-3-14-35-27-30-25(28)23-15-24(34)33(26(23)31-27)17-19-6-8-20(9-7-19)21-10-11-22(29-16-21)18-32-12-4-5-13-32/h6-11,16H,2-5,12-15,17-18H2,1H3,(H2,28,30,31). The van der Waals surface area contributed by atoms with Crippen LogP contribution >= 0.6 is 0 Å². The molecule has 4 heterocycles. The zero-order valence-corrected chi connectivity index (χ0v) is 20.2. The topological polar surface area (TPSA) is 97.5 Å². The summed E-state index contributed by atoms with van der Waals surface area (Å²) in [6, 6.07) is 12.7. The van der Waals surface area contributed by atoms with Gasteiger partial charge in [-0.3, -0.25) is 19.6 Å². The molecular weight excluding hydrogens is 440 g/mol. The van der Waals surface area contributed by atoms with Crippen LogP contribution in [0.15, 0.2) is 42.6 Å². The van der Waals surface area contributed by atoms with E-state index >= 15 is 0 Å². The van der Waals surface area contributed by atoms with Gasteiger partial charge in [-0.1, -0.05) is 43.7 Å². The maximum Gasteiger partial charge on any atom is 0.320 e. The number of nitrogens with two attached hydrogens (primary N) is 1. The monoisotopic (exact) mass is 472 g/mol. The Morgan fingerprint density at radius 2 is 1.77 bits per heavy atom. The molecule has 0 saturated carbocycles. The van der Waals surface area contributed by atoms with Gasteiger partial charge in [-0.2, -0.15) is 9.97 Å². The van der Waals surface area contributed by atoms with Crippen LogP contribution < -0.4 is 15.4 Å². The molecule has 1 saturated heterocycles. The van der Waals surface area contributed by atoms with Crippen LogP contribution in [0, 0.1) is 0 Å². The summed E-state index contributed by atoms with van der Waals surface area (Å²) in [5.41, 5.74) is 11.1. The number of fused-ring (bicyclic) bond motifs is 1. The molecule has 0 unspecified atom stereocenters. The van der Waals surface area contributed by atoms with Crippen molar-refractivity contribution in [2.45, 2.75) is 52.1 Å². The number of anilines is 2. The molecule has 0 bridgehead atoms. The average molecular weight is 473 g/mol. The molecule has 2 N–H and O–H groups in total. The van der Waals surface area contributed by atoms with Crippen LogP contribution in [0.3, 0.4) is 0 Å². The molecule has 0 aliphatic carbocycles. The highest BCUT2D eigenvalue weighted by Crippen LogP contribution is 2.33. The number of hydrogen-bond acceptors (Lipinski definition) is 7. The van der Waals surface area contributed by atoms with E-state index in [0.717, 1.165) is 41.8 Å². The highest BCUT2D eigenvalue weighted by Gasteiger charge is 2.32. The molecule has 3 aromatic rings. The van der Waals surface area contributed by atoms with Crippen molar-refractivity contribution in [1.82, 2.24) is 19.9 Å². The first kappa shape index (κ1) is 23.2. The predicted molar refractivity (Wildman–Crippen MR) is 136 cm³/mol. The van der Waals surface area contributed by atoms with Crippen LogP contribution in [0.2, 0.25) is 0 Å². The molecule has 35 heavy (non-hydrogen) atoms. The molecule has 2 aliphatic heterocycles. The molecule has 8 heteroatoms. The van der Waals surface area contributed by atoms with Gasteiger partial charge in [-0.05, 0) is 49.5 Å². The molecule has 2 aromatic heterocycles. The number of ether oxygens (including phenoxy) is 1. The van der Waals surface area contributed by atoms with Crippen molar-refractivity contribution in [3.63, 3.8) is 0 Å². The van der Waals surface area contributed by atoms with Gasteiger partial charge in [-0.25, -0.2) is 0 Å². The Hall–Kier alpha value is -3.52. The van der Waals surface area contributed by atoms with Gasteiger partial charge in [0.2, 0.25) is 5.91 Å². The maximum absolute atomic E-state index is 12.8. The number of aromatic nitrogens is 3. The van der Waals surface area contributed by atoms with E-state index in [1.807, 2.05) is 18.3 Å². The lowest BCUT2D eigenvalue weighted by Gasteiger charge is -2.17. The highest BCUT2D eigenvalue weighted by atomic mass is 16.5. The second-order valence-electron chi connectivity index (χ2n) is 9.27. The van der Waals surface area contributed by atoms with Gasteiger partial charge in [0.1, 0.15) is 11.6 Å². The van der Waals surface area contributed by atoms with Crippen molar-refractivity contribution in [3.8, 4) is 17.1 Å². The Kier molecular flexibility index (Phi) is 6.90. The van der Waals surface area contributed by atoms with E-state index in [1.165, 1.54) is 25.9 Å². The summed E-state index contributed by atoms with van der Waals surface area (Å²) in [4.78, 5) is 30.3. The number of unbranched alkanes of at least 4 members (excludes halogenated alkanes) is 1. The first-order valence-electron chi connectivity index (χ1n) is 12.5. The third-order valence-electron chi connectivity index (χ3n) is 6.65. The maximum atomic E-state index is 12.8. The average Bonchev–Trinajstić information content (AvgIpc) is 3.49. The second-order valence-corrected chi connectivity index (χ2v) is 9.27. The van der Waals surface area contributed by atoms with Gasteiger partial charge in [0.05, 0.1) is 25.3 Å². The number of carbonyl (C=O) groups excluding carboxylic acids is 1. The fourth-order valence-corrected chi connectivity index (χ4v) is 4.61. The number of carbonyl (C=O) groups is 1. The van der Waals surface area contributed by atoms with E-state index in [2.05, 4.69) is 51.0 Å². The Morgan fingerprint density at radius 3 is 2.49 bits per heavy atom. The molecule has 5 rings (SSSR count). The van der Waals surface area contributed by atoms with Crippen LogP contribution in [0.1, 0.15) is 49.4 Å². The summed E-state index contributed by atoms with van der Waals surface area (Å²) < 4.78 is 5.65. The normalized spacial score (nSPS) is 15.6. The summed E-state index contributed by atoms with van der Waals surface area (Å²) in [6.45, 7) is 6.29. The van der Waals surface area contributed by atoms with Gasteiger partial charge in [0, 0.05) is 23.9 Å². The first-order chi connectivity index (χ1) is 17.1. The highest BCUT2D eigenvalue weighted by molar-refractivity contribution is 6.01. The number of rotatable bonds is 9. The third-order valence-corrected chi connectivity index (χ3v) is 6.65. The number of hydrogen-bond donors (Lipinski definition) is 1. The Bertz CT molecular complexity index is 1170. The molecule has 1 amide bonds. The van der Waals surface area contributed by atoms with Crippen LogP contribution in [-0.2, 0) is 24.3 Å². The van der Waals surface area contributed by atoms with Gasteiger partial charge in [-0.15, -0.1) is 0 Å². The van der Waals surface area contributed by atoms with Gasteiger partial charge < -0.3 is 10.5 Å². The van der Waals surface area contributed by atoms with E-state index < -0.39 is 0 Å². The van der Waals surface area contributed by atoms with Crippen molar-refractivity contribution >= 4 is 17.5 Å². The Labute approximate surface area is 206 Å². The molecule has 1 aromatic carbocycles. The summed E-state index contributed by atoms with van der Waals surface area (Å²) in [7, 11) is 0. The van der Waals surface area contributed by atoms with Crippen molar-refractivity contribution in [1.29, 1.82) is 0 Å². The molecule has 0 atom stereocenters. The lowest BCUT2D eigenvalue weighted by Crippen LogP contribution is -2.26. The van der Waals surface area contributed by atoms with Crippen LogP contribution in [0.4, 0.5) is 11.6 Å². The molecule has 8 nitrogen and oxygen atoms in total. The van der Waals surface area contributed by atoms with Crippen molar-refractivity contribution < 1.29 is 9.53 Å². The minimum Gasteiger partial charge on any atom is -0.463 e. The fraction of sp³-hybridized carbons (Fsp3) is 0.407. The number of pyridine rings is 1. The van der Waals surface area contributed by atoms with E-state index in [9.17, 15) is 4.79 Å². The van der Waals surface area contributed by atoms with Gasteiger partial charge >= 0.3 is 6.01 Å². The number of nitrogen functional groups attached to an aromatic ring is 1. The van der Waals surface area contributed by atoms with E-state index in [0.29, 0.717) is 30.4 Å². The van der Waals surface area contributed by atoms with Crippen molar-refractivity contribution in [2.24, 2.45) is 0 Å². The smallest absolute Gasteiger partial charge is 0.320 e. The molecule has 0 radical (unpaired) electrons. The summed E-state index contributed by atoms with van der Waals surface area (Å²) >= 11 is 0. The molecule has 0 spiro atoms. The molecule has 182 valence electrons. The van der Waals surface area contributed by atoms with Gasteiger partial charge in [0.15, 0.2) is 0 Å². The largest absolute Gasteiger partial charge is 0.463 e. The zero-order chi connectivity index (χ0) is 24.2. The first-order valence-corrected chi connectivity index (χ1v) is 12.5. The van der Waals surface area contributed by atoms with Crippen LogP contribution in [0.25, 0.3) is 11.1 Å². The van der Waals surface area contributed by atoms with Crippen LogP contribution in [0.5, 0.6) is 6.01 Å². The van der Waals surface area contributed by atoms with Crippen molar-refractivity contribution in [3.05, 3.63) is 59.4 Å². The summed E-state index contributed by atoms with van der Waals surface area (Å²) in [5, 5.41) is 0. The lowest BCUT2D eigenvalue weighted by molar-refractivity contribution is -0.117. The zero-order valence-electron chi connectivity index (χ0n) is 20.2. The number of nitrogens with zero attached hydrogens (tertiary/aromatic N) is 5. The fourth-order valence-electron chi connectivity index (χ4n) is 4.61. The number of amides is 1. The Balaban J connectivity index is 1.27. The number of likely N-dealkylation sites (tertiary alicyclic amines) is 1. The minimum absolute atomic E-state index is 0.0337. The van der Waals surface area contributed by atoms with E-state index in [-0.39, 0.29) is 18.3 Å². The van der Waals surface area contributed by atoms with Crippen molar-refractivity contribution in [2.75, 3.05) is 30.3 Å². The van der Waals surface area contributed by atoms with Crippen LogP contribution in [-0.4, -0.2) is 45.5 Å². The van der Waals surface area contributed by atoms with E-state index in [1.54, 1.807) is 4.90 Å². The third kappa shape index (κ3) is 5.27. The number of benzene rings is 1. The molecule has 2 aliphatic rings. The minimum atomic E-state index is -0.0337. The predicted octanol–water partition coefficient (Wildman–Crippen LogP) is 3.98. The summed E-state index contributed by atoms with van der Waals surface area (Å²) in [6.07, 6.45) is 6.65. The molecule has 1 fully saturated rings. The van der Waals surface area contributed by atoms with Gasteiger partial charge in [0.25, 0.3) is 0 Å². The quantitative estimate of drug-likeness (QED) is 0.470. The summed E-state index contributed by atoms with van der Waals surface area (Å²) in [5.74, 6) is 0.831. The Morgan fingerprint density at radius 1 is 1.00 bits per heavy atom.